The van der Waals surface area contributed by atoms with Gasteiger partial charge in [-0.25, -0.2) is 43.9 Å². The van der Waals surface area contributed by atoms with E-state index in [0.717, 1.165) is 12.8 Å². The number of allylic oxidation sites excluding steroid dienone is 9. The molecule has 2 rings (SSSR count). The van der Waals surface area contributed by atoms with Crippen molar-refractivity contribution in [3.63, 3.8) is 0 Å². The van der Waals surface area contributed by atoms with Gasteiger partial charge in [0.25, 0.3) is 0 Å². The Hall–Kier alpha value is 0.413. The molecule has 3 heteroatoms. The van der Waals surface area contributed by atoms with Gasteiger partial charge in [-0.15, -0.1) is 12.8 Å². The molecular weight excluding hydrogens is 407 g/mol. The van der Waals surface area contributed by atoms with Crippen molar-refractivity contribution >= 4 is 0 Å². The van der Waals surface area contributed by atoms with Crippen LogP contribution in [0.3, 0.4) is 0 Å². The Bertz CT molecular complexity index is 186. The summed E-state index contributed by atoms with van der Waals surface area (Å²) in [6.07, 6.45) is 21.5. The average Bonchev–Trinajstić information content (AvgIpc) is 2.85. The second-order valence-corrected chi connectivity index (χ2v) is 2.29. The van der Waals surface area contributed by atoms with E-state index in [0.29, 0.717) is 0 Å². The molecule has 0 aromatic rings. The maximum absolute atomic E-state index is 3.25. The minimum Gasteiger partial charge on any atom is -1.00 e. The van der Waals surface area contributed by atoms with Gasteiger partial charge in [-0.05, 0) is 0 Å². The zero-order valence-electron chi connectivity index (χ0n) is 9.13. The van der Waals surface area contributed by atoms with Gasteiger partial charge < -0.3 is 34.0 Å². The molecule has 0 N–H and O–H groups in total. The van der Waals surface area contributed by atoms with Crippen molar-refractivity contribution < 1.29 is 60.2 Å². The molecular formula is C13H15Br2Zr-3. The predicted molar refractivity (Wildman–Crippen MR) is 58.7 cm³/mol. The largest absolute Gasteiger partial charge is 2.00 e. The summed E-state index contributed by atoms with van der Waals surface area (Å²) in [5.74, 6) is 0. The molecule has 16 heavy (non-hydrogen) atoms. The van der Waals surface area contributed by atoms with Crippen LogP contribution in [0, 0.1) is 19.1 Å². The smallest absolute Gasteiger partial charge is 1.00 e. The molecule has 0 unspecified atom stereocenters. The first-order valence-corrected chi connectivity index (χ1v) is 4.25. The fourth-order valence-electron chi connectivity index (χ4n) is 0.680. The van der Waals surface area contributed by atoms with Gasteiger partial charge in [0, 0.05) is 0 Å². The van der Waals surface area contributed by atoms with Crippen LogP contribution < -0.4 is 34.0 Å². The van der Waals surface area contributed by atoms with Crippen LogP contribution in [-0.2, 0) is 26.2 Å². The van der Waals surface area contributed by atoms with Crippen molar-refractivity contribution in [2.24, 2.45) is 0 Å². The summed E-state index contributed by atoms with van der Waals surface area (Å²) in [5.41, 5.74) is 0. The molecule has 0 aromatic heterocycles. The van der Waals surface area contributed by atoms with Crippen LogP contribution in [0.1, 0.15) is 12.8 Å². The zero-order valence-corrected chi connectivity index (χ0v) is 14.8. The van der Waals surface area contributed by atoms with Crippen molar-refractivity contribution in [2.45, 2.75) is 12.8 Å². The van der Waals surface area contributed by atoms with Crippen LogP contribution >= 0.6 is 0 Å². The normalized spacial score (nSPS) is 11.8. The van der Waals surface area contributed by atoms with E-state index in [1.165, 1.54) is 6.08 Å². The fraction of sp³-hybridized carbons (Fsp3) is 0.154. The average molecular weight is 422 g/mol. The van der Waals surface area contributed by atoms with Gasteiger partial charge in [-0.1, -0.05) is 0 Å². The molecule has 0 aliphatic heterocycles. The second-order valence-electron chi connectivity index (χ2n) is 2.29. The Kier molecular flexibility index (Phi) is 38.9. The third kappa shape index (κ3) is 23.9. The van der Waals surface area contributed by atoms with Crippen LogP contribution in [0.2, 0.25) is 0 Å². The predicted octanol–water partition coefficient (Wildman–Crippen LogP) is -2.38. The van der Waals surface area contributed by atoms with Crippen LogP contribution in [0.15, 0.2) is 49.1 Å². The van der Waals surface area contributed by atoms with Crippen molar-refractivity contribution in [1.82, 2.24) is 0 Å². The topological polar surface area (TPSA) is 0 Å². The van der Waals surface area contributed by atoms with Gasteiger partial charge in [0.2, 0.25) is 0 Å². The molecule has 0 radical (unpaired) electrons. The molecule has 0 bridgehead atoms. The van der Waals surface area contributed by atoms with Crippen LogP contribution in [0.4, 0.5) is 0 Å². The molecule has 0 atom stereocenters. The Balaban J connectivity index is -0.0000000638. The van der Waals surface area contributed by atoms with E-state index in [4.69, 9.17) is 0 Å². The Labute approximate surface area is 140 Å². The van der Waals surface area contributed by atoms with E-state index >= 15 is 0 Å². The Morgan fingerprint density at radius 3 is 1.38 bits per heavy atom. The molecule has 0 aromatic carbocycles. The molecule has 0 saturated carbocycles. The van der Waals surface area contributed by atoms with Crippen LogP contribution in [-0.4, -0.2) is 0 Å². The van der Waals surface area contributed by atoms with Crippen molar-refractivity contribution in [1.29, 1.82) is 0 Å². The van der Waals surface area contributed by atoms with Gasteiger partial charge in [-0.2, -0.15) is 12.2 Å². The summed E-state index contributed by atoms with van der Waals surface area (Å²) in [6.45, 7) is 6.50. The second kappa shape index (κ2) is 24.6. The Morgan fingerprint density at radius 1 is 1.00 bits per heavy atom. The summed E-state index contributed by atoms with van der Waals surface area (Å²) in [5, 5.41) is 0. The quantitative estimate of drug-likeness (QED) is 0.383. The van der Waals surface area contributed by atoms with Gasteiger partial charge in [0.1, 0.15) is 0 Å². The molecule has 0 nitrogen and oxygen atoms in total. The van der Waals surface area contributed by atoms with Gasteiger partial charge in [0.05, 0.1) is 0 Å². The minimum absolute atomic E-state index is 0. The minimum atomic E-state index is 0. The molecule has 88 valence electrons. The molecule has 0 heterocycles. The third-order valence-corrected chi connectivity index (χ3v) is 1.17. The summed E-state index contributed by atoms with van der Waals surface area (Å²) < 4.78 is 0. The van der Waals surface area contributed by atoms with Gasteiger partial charge >= 0.3 is 26.2 Å². The standard InChI is InChI=1S/2C5H5.C3H5.2BrH.Zr/c2*1-2-4-5-3-1;1-3-2;;;/h2*1-3H,4H2;3H,1-2H2;2*1H;/q3*-1;;;+2/p-2. The van der Waals surface area contributed by atoms with E-state index in [1.807, 2.05) is 24.3 Å². The summed E-state index contributed by atoms with van der Waals surface area (Å²) in [6, 6.07) is 0. The molecule has 0 saturated heterocycles. The number of halogens is 2. The van der Waals surface area contributed by atoms with E-state index in [1.54, 1.807) is 0 Å². The number of hydrogen-bond acceptors (Lipinski definition) is 0. The van der Waals surface area contributed by atoms with Crippen molar-refractivity contribution in [2.75, 3.05) is 0 Å². The van der Waals surface area contributed by atoms with E-state index in [9.17, 15) is 0 Å². The fourth-order valence-corrected chi connectivity index (χ4v) is 0.680. The molecule has 2 aliphatic rings. The molecule has 0 fully saturated rings. The number of rotatable bonds is 0. The molecule has 0 spiro atoms. The summed E-state index contributed by atoms with van der Waals surface area (Å²) in [4.78, 5) is 0. The first kappa shape index (κ1) is 25.3. The summed E-state index contributed by atoms with van der Waals surface area (Å²) in [7, 11) is 0. The number of hydrogen-bond donors (Lipinski definition) is 0. The molecule has 2 aliphatic carbocycles. The van der Waals surface area contributed by atoms with E-state index in [-0.39, 0.29) is 60.2 Å². The van der Waals surface area contributed by atoms with E-state index in [2.05, 4.69) is 37.8 Å². The van der Waals surface area contributed by atoms with Crippen molar-refractivity contribution in [3.05, 3.63) is 68.2 Å². The first-order chi connectivity index (χ1) is 6.41. The van der Waals surface area contributed by atoms with Crippen molar-refractivity contribution in [3.8, 4) is 0 Å². The van der Waals surface area contributed by atoms with Gasteiger partial charge in [-0.3, -0.25) is 12.2 Å². The van der Waals surface area contributed by atoms with Crippen LogP contribution in [0.25, 0.3) is 0 Å². The monoisotopic (exact) mass is 419 g/mol. The first-order valence-electron chi connectivity index (χ1n) is 4.25. The summed E-state index contributed by atoms with van der Waals surface area (Å²) >= 11 is 0. The Morgan fingerprint density at radius 2 is 1.31 bits per heavy atom. The third-order valence-electron chi connectivity index (χ3n) is 1.17. The van der Waals surface area contributed by atoms with E-state index < -0.39 is 0 Å². The SMILES string of the molecule is C=C[CH2-].[Br-].[Br-].[C-]1=CC=CC1.[C-]1=CC=CC1.[Zr+2]. The van der Waals surface area contributed by atoms with Gasteiger partial charge in [0.15, 0.2) is 0 Å². The maximum Gasteiger partial charge on any atom is 2.00 e. The molecule has 0 amide bonds. The maximum atomic E-state index is 3.25. The van der Waals surface area contributed by atoms with Crippen LogP contribution in [0.5, 0.6) is 0 Å². The zero-order chi connectivity index (χ0) is 9.78.